The van der Waals surface area contributed by atoms with Crippen LogP contribution in [-0.4, -0.2) is 11.1 Å². The van der Waals surface area contributed by atoms with Crippen LogP contribution < -0.4 is 0 Å². The van der Waals surface area contributed by atoms with Gasteiger partial charge in [-0.25, -0.2) is 0 Å². The van der Waals surface area contributed by atoms with E-state index < -0.39 is 11.4 Å². The average Bonchev–Trinajstić information content (AvgIpc) is 2.63. The van der Waals surface area contributed by atoms with Crippen LogP contribution in [0.2, 0.25) is 0 Å². The fourth-order valence-corrected chi connectivity index (χ4v) is 2.66. The lowest BCUT2D eigenvalue weighted by Gasteiger charge is -2.22. The van der Waals surface area contributed by atoms with Gasteiger partial charge in [-0.3, -0.25) is 4.79 Å². The van der Waals surface area contributed by atoms with E-state index in [-0.39, 0.29) is 0 Å². The van der Waals surface area contributed by atoms with Gasteiger partial charge in [-0.1, -0.05) is 34.1 Å². The van der Waals surface area contributed by atoms with Crippen molar-refractivity contribution in [2.24, 2.45) is 5.41 Å². The van der Waals surface area contributed by atoms with E-state index in [4.69, 9.17) is 0 Å². The van der Waals surface area contributed by atoms with Crippen molar-refractivity contribution in [1.29, 1.82) is 0 Å². The Morgan fingerprint density at radius 3 is 2.75 bits per heavy atom. The van der Waals surface area contributed by atoms with E-state index in [0.29, 0.717) is 0 Å². The molecule has 16 heavy (non-hydrogen) atoms. The summed E-state index contributed by atoms with van der Waals surface area (Å²) in [5, 5.41) is 9.26. The highest BCUT2D eigenvalue weighted by atomic mass is 79.9. The third kappa shape index (κ3) is 1.59. The second-order valence-corrected chi connectivity index (χ2v) is 5.38. The summed E-state index contributed by atoms with van der Waals surface area (Å²) in [6.07, 6.45) is 2.84. The second-order valence-electron chi connectivity index (χ2n) is 4.53. The third-order valence-electron chi connectivity index (χ3n) is 3.10. The summed E-state index contributed by atoms with van der Waals surface area (Å²) in [5.74, 6) is -0.789. The first-order chi connectivity index (χ1) is 7.44. The molecule has 1 aliphatic carbocycles. The van der Waals surface area contributed by atoms with E-state index in [1.807, 2.05) is 24.3 Å². The molecule has 0 amide bonds. The van der Waals surface area contributed by atoms with E-state index in [9.17, 15) is 9.90 Å². The van der Waals surface area contributed by atoms with Crippen LogP contribution in [0.4, 0.5) is 0 Å². The highest BCUT2D eigenvalue weighted by Gasteiger charge is 2.36. The maximum absolute atomic E-state index is 11.3. The van der Waals surface area contributed by atoms with Crippen LogP contribution in [0.1, 0.15) is 25.0 Å². The van der Waals surface area contributed by atoms with Crippen molar-refractivity contribution in [2.75, 3.05) is 0 Å². The van der Waals surface area contributed by atoms with Crippen molar-refractivity contribution in [3.05, 3.63) is 39.9 Å². The predicted octanol–water partition coefficient (Wildman–Crippen LogP) is 3.50. The fourth-order valence-electron chi connectivity index (χ4n) is 2.04. The van der Waals surface area contributed by atoms with Crippen LogP contribution in [0, 0.1) is 5.41 Å². The zero-order valence-corrected chi connectivity index (χ0v) is 10.8. The summed E-state index contributed by atoms with van der Waals surface area (Å²) in [6.45, 7) is 3.49. The molecule has 1 aliphatic rings. The molecule has 0 bridgehead atoms. The van der Waals surface area contributed by atoms with Crippen LogP contribution in [0.25, 0.3) is 5.57 Å². The maximum atomic E-state index is 11.3. The fraction of sp³-hybridized carbons (Fsp3) is 0.308. The van der Waals surface area contributed by atoms with Gasteiger partial charge in [0.05, 0.1) is 5.41 Å². The molecule has 1 N–H and O–H groups in total. The van der Waals surface area contributed by atoms with E-state index >= 15 is 0 Å². The van der Waals surface area contributed by atoms with Crippen LogP contribution in [-0.2, 0) is 11.2 Å². The van der Waals surface area contributed by atoms with Gasteiger partial charge in [0, 0.05) is 4.47 Å². The molecule has 1 aromatic rings. The Bertz CT molecular complexity index is 487. The van der Waals surface area contributed by atoms with Gasteiger partial charge in [-0.2, -0.15) is 0 Å². The lowest BCUT2D eigenvalue weighted by molar-refractivity contribution is -0.143. The molecule has 0 aliphatic heterocycles. The Morgan fingerprint density at radius 2 is 2.12 bits per heavy atom. The lowest BCUT2D eigenvalue weighted by atomic mass is 9.81. The molecule has 0 spiro atoms. The molecule has 0 atom stereocenters. The molecule has 0 heterocycles. The normalized spacial score (nSPS) is 14.6. The largest absolute Gasteiger partial charge is 0.481 e. The molecule has 2 rings (SSSR count). The van der Waals surface area contributed by atoms with Gasteiger partial charge in [-0.05, 0) is 43.0 Å². The number of allylic oxidation sites excluding steroid dienone is 1. The molecule has 1 aromatic carbocycles. The summed E-state index contributed by atoms with van der Waals surface area (Å²) in [6, 6.07) is 5.98. The number of fused-ring (bicyclic) bond motifs is 1. The third-order valence-corrected chi connectivity index (χ3v) is 3.76. The summed E-state index contributed by atoms with van der Waals surface area (Å²) in [4.78, 5) is 11.3. The van der Waals surface area contributed by atoms with Crippen molar-refractivity contribution in [2.45, 2.75) is 20.3 Å². The van der Waals surface area contributed by atoms with Crippen molar-refractivity contribution in [3.63, 3.8) is 0 Å². The predicted molar refractivity (Wildman–Crippen MR) is 67.2 cm³/mol. The number of carbonyl (C=O) groups is 1. The van der Waals surface area contributed by atoms with Crippen LogP contribution >= 0.6 is 15.9 Å². The molecule has 0 aromatic heterocycles. The number of hydrogen-bond donors (Lipinski definition) is 1. The molecule has 0 saturated carbocycles. The Hall–Kier alpha value is -1.09. The monoisotopic (exact) mass is 280 g/mol. The second kappa shape index (κ2) is 3.74. The minimum Gasteiger partial charge on any atom is -0.481 e. The average molecular weight is 281 g/mol. The van der Waals surface area contributed by atoms with Crippen LogP contribution in [0.15, 0.2) is 28.7 Å². The van der Waals surface area contributed by atoms with Gasteiger partial charge in [0.25, 0.3) is 0 Å². The Morgan fingerprint density at radius 1 is 1.44 bits per heavy atom. The summed E-state index contributed by atoms with van der Waals surface area (Å²) < 4.78 is 0.975. The minimum absolute atomic E-state index is 0.789. The first kappa shape index (κ1) is 11.4. The molecule has 3 heteroatoms. The quantitative estimate of drug-likeness (QED) is 0.900. The first-order valence-corrected chi connectivity index (χ1v) is 5.95. The molecule has 0 unspecified atom stereocenters. The van der Waals surface area contributed by atoms with Gasteiger partial charge in [-0.15, -0.1) is 0 Å². The van der Waals surface area contributed by atoms with Gasteiger partial charge in [0.1, 0.15) is 0 Å². The van der Waals surface area contributed by atoms with E-state index in [1.165, 1.54) is 5.56 Å². The van der Waals surface area contributed by atoms with Crippen molar-refractivity contribution in [1.82, 2.24) is 0 Å². The van der Waals surface area contributed by atoms with Gasteiger partial charge in [0.15, 0.2) is 0 Å². The van der Waals surface area contributed by atoms with Gasteiger partial charge >= 0.3 is 5.97 Å². The minimum atomic E-state index is -0.838. The summed E-state index contributed by atoms with van der Waals surface area (Å²) in [5.41, 5.74) is 2.31. The number of rotatable bonds is 2. The van der Waals surface area contributed by atoms with E-state index in [0.717, 1.165) is 22.0 Å². The van der Waals surface area contributed by atoms with Crippen molar-refractivity contribution >= 4 is 27.5 Å². The molecule has 2 nitrogen and oxygen atoms in total. The van der Waals surface area contributed by atoms with Crippen LogP contribution in [0.3, 0.4) is 0 Å². The van der Waals surface area contributed by atoms with E-state index in [1.54, 1.807) is 13.8 Å². The van der Waals surface area contributed by atoms with E-state index in [2.05, 4.69) is 15.9 Å². The first-order valence-electron chi connectivity index (χ1n) is 5.16. The van der Waals surface area contributed by atoms with Crippen LogP contribution in [0.5, 0.6) is 0 Å². The molecule has 0 radical (unpaired) electrons. The smallest absolute Gasteiger partial charge is 0.313 e. The van der Waals surface area contributed by atoms with Crippen molar-refractivity contribution in [3.8, 4) is 0 Å². The van der Waals surface area contributed by atoms with Crippen molar-refractivity contribution < 1.29 is 9.90 Å². The highest BCUT2D eigenvalue weighted by molar-refractivity contribution is 9.10. The number of aliphatic carboxylic acids is 1. The molecular formula is C13H13BrO2. The summed E-state index contributed by atoms with van der Waals surface area (Å²) >= 11 is 3.50. The topological polar surface area (TPSA) is 37.3 Å². The summed E-state index contributed by atoms with van der Waals surface area (Å²) in [7, 11) is 0. The van der Waals surface area contributed by atoms with Gasteiger partial charge < -0.3 is 5.11 Å². The number of halogens is 1. The number of carboxylic acids is 1. The molecule has 0 fully saturated rings. The Balaban J connectivity index is 2.55. The Labute approximate surface area is 103 Å². The SMILES string of the molecule is CC(C)(C(=O)O)C1=CCc2cccc(Br)c21. The number of carboxylic acid groups (broad SMARTS) is 1. The zero-order chi connectivity index (χ0) is 11.9. The lowest BCUT2D eigenvalue weighted by Crippen LogP contribution is -2.24. The highest BCUT2D eigenvalue weighted by Crippen LogP contribution is 2.43. The van der Waals surface area contributed by atoms with Gasteiger partial charge in [0.2, 0.25) is 0 Å². The maximum Gasteiger partial charge on any atom is 0.313 e. The molecular weight excluding hydrogens is 268 g/mol. The molecule has 84 valence electrons. The number of hydrogen-bond acceptors (Lipinski definition) is 1. The zero-order valence-electron chi connectivity index (χ0n) is 9.25. The standard InChI is InChI=1S/C13H13BrO2/c1-13(2,12(15)16)9-7-6-8-4-3-5-10(14)11(8)9/h3-5,7H,6H2,1-2H3,(H,15,16). The Kier molecular flexibility index (Phi) is 2.66. The number of benzene rings is 1. The molecule has 0 saturated heterocycles.